The highest BCUT2D eigenvalue weighted by Crippen LogP contribution is 2.29. The summed E-state index contributed by atoms with van der Waals surface area (Å²) in [5.74, 6) is 0. The normalized spacial score (nSPS) is 19.3. The number of nitriles is 1. The Morgan fingerprint density at radius 3 is 2.61 bits per heavy atom. The standard InChI is InChI=1S/C11H16N4O2S/c1-15-8-10(7-13-15)18(16,17)14-11(9-12)5-3-2-4-6-11/h7-8,14H,2-6H2,1H3. The Labute approximate surface area is 107 Å². The Bertz CT molecular complexity index is 564. The van der Waals surface area contributed by atoms with Crippen molar-refractivity contribution >= 4 is 10.0 Å². The van der Waals surface area contributed by atoms with E-state index in [0.29, 0.717) is 12.8 Å². The van der Waals surface area contributed by atoms with Gasteiger partial charge in [0, 0.05) is 13.2 Å². The number of nitrogens with one attached hydrogen (secondary N) is 1. The second kappa shape index (κ2) is 4.71. The fourth-order valence-electron chi connectivity index (χ4n) is 2.25. The molecule has 98 valence electrons. The van der Waals surface area contributed by atoms with Gasteiger partial charge in [0.25, 0.3) is 0 Å². The summed E-state index contributed by atoms with van der Waals surface area (Å²) in [5.41, 5.74) is -0.951. The molecule has 6 nitrogen and oxygen atoms in total. The van der Waals surface area contributed by atoms with Gasteiger partial charge in [-0.3, -0.25) is 4.68 Å². The van der Waals surface area contributed by atoms with Gasteiger partial charge >= 0.3 is 0 Å². The first-order chi connectivity index (χ1) is 8.47. The van der Waals surface area contributed by atoms with Crippen LogP contribution in [0.3, 0.4) is 0 Å². The van der Waals surface area contributed by atoms with Gasteiger partial charge in [0.1, 0.15) is 10.4 Å². The van der Waals surface area contributed by atoms with Crippen LogP contribution in [0.25, 0.3) is 0 Å². The predicted molar refractivity (Wildman–Crippen MR) is 65.0 cm³/mol. The highest BCUT2D eigenvalue weighted by molar-refractivity contribution is 7.89. The molecule has 7 heteroatoms. The van der Waals surface area contributed by atoms with E-state index in [9.17, 15) is 13.7 Å². The molecule has 0 radical (unpaired) electrons. The zero-order valence-corrected chi connectivity index (χ0v) is 11.1. The monoisotopic (exact) mass is 268 g/mol. The molecule has 0 atom stereocenters. The molecule has 0 saturated heterocycles. The van der Waals surface area contributed by atoms with Gasteiger partial charge in [-0.15, -0.1) is 0 Å². The Balaban J connectivity index is 2.24. The highest BCUT2D eigenvalue weighted by atomic mass is 32.2. The van der Waals surface area contributed by atoms with Crippen molar-refractivity contribution in [3.63, 3.8) is 0 Å². The molecule has 1 aliphatic rings. The van der Waals surface area contributed by atoms with Crippen molar-refractivity contribution in [3.05, 3.63) is 12.4 Å². The molecule has 1 aliphatic carbocycles. The lowest BCUT2D eigenvalue weighted by Gasteiger charge is -2.30. The number of hydrogen-bond acceptors (Lipinski definition) is 4. The van der Waals surface area contributed by atoms with Gasteiger partial charge in [-0.2, -0.15) is 15.1 Å². The maximum Gasteiger partial charge on any atom is 0.245 e. The lowest BCUT2D eigenvalue weighted by molar-refractivity contribution is 0.338. The summed E-state index contributed by atoms with van der Waals surface area (Å²) >= 11 is 0. The number of aryl methyl sites for hydroxylation is 1. The molecule has 18 heavy (non-hydrogen) atoms. The van der Waals surface area contributed by atoms with Crippen LogP contribution in [0.15, 0.2) is 17.3 Å². The van der Waals surface area contributed by atoms with E-state index >= 15 is 0 Å². The number of nitrogens with zero attached hydrogens (tertiary/aromatic N) is 3. The Morgan fingerprint density at radius 1 is 1.44 bits per heavy atom. The molecule has 0 unspecified atom stereocenters. The largest absolute Gasteiger partial charge is 0.274 e. The average molecular weight is 268 g/mol. The van der Waals surface area contributed by atoms with Crippen LogP contribution in [0, 0.1) is 11.3 Å². The molecule has 0 aromatic carbocycles. The zero-order valence-electron chi connectivity index (χ0n) is 10.3. The van der Waals surface area contributed by atoms with Crippen molar-refractivity contribution in [2.24, 2.45) is 7.05 Å². The summed E-state index contributed by atoms with van der Waals surface area (Å²) in [6.07, 6.45) is 6.67. The van der Waals surface area contributed by atoms with E-state index in [1.807, 2.05) is 0 Å². The Hall–Kier alpha value is -1.39. The van der Waals surface area contributed by atoms with E-state index in [-0.39, 0.29) is 4.90 Å². The summed E-state index contributed by atoms with van der Waals surface area (Å²) in [5, 5.41) is 13.1. The van der Waals surface area contributed by atoms with Gasteiger partial charge in [0.05, 0.1) is 12.3 Å². The summed E-state index contributed by atoms with van der Waals surface area (Å²) in [6.45, 7) is 0. The minimum absolute atomic E-state index is 0.102. The Morgan fingerprint density at radius 2 is 2.11 bits per heavy atom. The van der Waals surface area contributed by atoms with Gasteiger partial charge in [-0.25, -0.2) is 8.42 Å². The van der Waals surface area contributed by atoms with Crippen LogP contribution in [-0.2, 0) is 17.1 Å². The van der Waals surface area contributed by atoms with Gasteiger partial charge < -0.3 is 0 Å². The maximum atomic E-state index is 12.2. The van der Waals surface area contributed by atoms with Crippen LogP contribution >= 0.6 is 0 Å². The number of rotatable bonds is 3. The van der Waals surface area contributed by atoms with Crippen LogP contribution in [-0.4, -0.2) is 23.7 Å². The molecule has 0 spiro atoms. The predicted octanol–water partition coefficient (Wildman–Crippen LogP) is 0.925. The number of aromatic nitrogens is 2. The van der Waals surface area contributed by atoms with Crippen LogP contribution in [0.4, 0.5) is 0 Å². The minimum atomic E-state index is -3.67. The van der Waals surface area contributed by atoms with Gasteiger partial charge in [0.15, 0.2) is 0 Å². The molecule has 1 saturated carbocycles. The van der Waals surface area contributed by atoms with Crippen LogP contribution in [0.1, 0.15) is 32.1 Å². The van der Waals surface area contributed by atoms with E-state index in [1.54, 1.807) is 7.05 Å². The molecule has 1 fully saturated rings. The topological polar surface area (TPSA) is 87.8 Å². The molecule has 1 N–H and O–H groups in total. The van der Waals surface area contributed by atoms with Gasteiger partial charge in [-0.1, -0.05) is 19.3 Å². The summed E-state index contributed by atoms with van der Waals surface area (Å²) in [7, 11) is -2.01. The molecule has 1 heterocycles. The smallest absolute Gasteiger partial charge is 0.245 e. The lowest BCUT2D eigenvalue weighted by atomic mass is 9.84. The zero-order chi connectivity index (χ0) is 13.2. The molecule has 1 aromatic heterocycles. The molecular weight excluding hydrogens is 252 g/mol. The number of hydrogen-bond donors (Lipinski definition) is 1. The van der Waals surface area contributed by atoms with Crippen LogP contribution in [0.5, 0.6) is 0 Å². The first kappa shape index (κ1) is 13.1. The third kappa shape index (κ3) is 2.54. The average Bonchev–Trinajstić information content (AvgIpc) is 2.77. The van der Waals surface area contributed by atoms with Crippen molar-refractivity contribution in [1.29, 1.82) is 5.26 Å². The fraction of sp³-hybridized carbons (Fsp3) is 0.636. The summed E-state index contributed by atoms with van der Waals surface area (Å²) in [4.78, 5) is 0.102. The molecular formula is C11H16N4O2S. The van der Waals surface area contributed by atoms with E-state index < -0.39 is 15.6 Å². The van der Waals surface area contributed by atoms with E-state index in [0.717, 1.165) is 19.3 Å². The van der Waals surface area contributed by atoms with Crippen molar-refractivity contribution in [1.82, 2.24) is 14.5 Å². The van der Waals surface area contributed by atoms with E-state index in [4.69, 9.17) is 0 Å². The number of sulfonamides is 1. The second-order valence-electron chi connectivity index (χ2n) is 4.71. The molecule has 2 rings (SSSR count). The molecule has 0 aliphatic heterocycles. The van der Waals surface area contributed by atoms with Crippen LogP contribution < -0.4 is 4.72 Å². The third-order valence-corrected chi connectivity index (χ3v) is 4.73. The van der Waals surface area contributed by atoms with Crippen LogP contribution in [0.2, 0.25) is 0 Å². The molecule has 0 bridgehead atoms. The Kier molecular flexibility index (Phi) is 3.41. The molecule has 1 aromatic rings. The second-order valence-corrected chi connectivity index (χ2v) is 6.39. The van der Waals surface area contributed by atoms with Gasteiger partial charge in [0.2, 0.25) is 10.0 Å². The lowest BCUT2D eigenvalue weighted by Crippen LogP contribution is -2.48. The van der Waals surface area contributed by atoms with Crippen molar-refractivity contribution in [2.75, 3.05) is 0 Å². The van der Waals surface area contributed by atoms with Crippen molar-refractivity contribution in [2.45, 2.75) is 42.5 Å². The minimum Gasteiger partial charge on any atom is -0.274 e. The quantitative estimate of drug-likeness (QED) is 0.883. The van der Waals surface area contributed by atoms with E-state index in [1.165, 1.54) is 17.1 Å². The third-order valence-electron chi connectivity index (χ3n) is 3.24. The maximum absolute atomic E-state index is 12.2. The van der Waals surface area contributed by atoms with Crippen molar-refractivity contribution < 1.29 is 8.42 Å². The first-order valence-corrected chi connectivity index (χ1v) is 7.40. The van der Waals surface area contributed by atoms with E-state index in [2.05, 4.69) is 15.9 Å². The summed E-state index contributed by atoms with van der Waals surface area (Å²) < 4.78 is 28.3. The SMILES string of the molecule is Cn1cc(S(=O)(=O)NC2(C#N)CCCCC2)cn1. The highest BCUT2D eigenvalue weighted by Gasteiger charge is 2.36. The first-order valence-electron chi connectivity index (χ1n) is 5.91. The summed E-state index contributed by atoms with van der Waals surface area (Å²) in [6, 6.07) is 2.13. The van der Waals surface area contributed by atoms with Crippen molar-refractivity contribution in [3.8, 4) is 6.07 Å². The molecule has 0 amide bonds. The fourth-order valence-corrected chi connectivity index (χ4v) is 3.60. The van der Waals surface area contributed by atoms with Gasteiger partial charge in [-0.05, 0) is 12.8 Å².